The number of fused-ring (bicyclic) bond motifs is 2. The minimum absolute atomic E-state index is 0.0440. The largest absolute Gasteiger partial charge is 0.473 e. The van der Waals surface area contributed by atoms with Crippen LogP contribution in [0.2, 0.25) is 0 Å². The second kappa shape index (κ2) is 7.47. The number of hydrogen-bond donors (Lipinski definition) is 1. The molecular weight excluding hydrogens is 422 g/mol. The summed E-state index contributed by atoms with van der Waals surface area (Å²) >= 11 is 0. The van der Waals surface area contributed by atoms with Gasteiger partial charge in [-0.25, -0.2) is 14.8 Å². The standard InChI is InChI=1S/C24H27N5O4/c1-13(15-9-20(30)25-11-15)32-22-21-18(26-12-28(21)4)10-17(27-22)14-6-7-16-19(8-14)29(5)23(31)33-24(16,2)3/h6-8,10,12-13,15H,9,11H2,1-5H3,(H,25,30)/t13-,15?/m1/s1. The van der Waals surface area contributed by atoms with Gasteiger partial charge in [0.2, 0.25) is 11.8 Å². The van der Waals surface area contributed by atoms with Crippen LogP contribution in [0.1, 0.15) is 32.8 Å². The van der Waals surface area contributed by atoms with Gasteiger partial charge >= 0.3 is 6.09 Å². The van der Waals surface area contributed by atoms with Crippen LogP contribution in [-0.4, -0.2) is 46.2 Å². The molecule has 1 unspecified atom stereocenters. The van der Waals surface area contributed by atoms with Crippen molar-refractivity contribution in [2.45, 2.75) is 38.9 Å². The topological polar surface area (TPSA) is 98.6 Å². The van der Waals surface area contributed by atoms with E-state index in [0.29, 0.717) is 24.5 Å². The van der Waals surface area contributed by atoms with E-state index >= 15 is 0 Å². The van der Waals surface area contributed by atoms with Crippen LogP contribution in [0.15, 0.2) is 30.6 Å². The fraction of sp³-hybridized carbons (Fsp3) is 0.417. The van der Waals surface area contributed by atoms with E-state index in [-0.39, 0.29) is 17.9 Å². The molecule has 0 saturated carbocycles. The molecule has 33 heavy (non-hydrogen) atoms. The molecule has 9 heteroatoms. The Labute approximate surface area is 191 Å². The lowest BCUT2D eigenvalue weighted by molar-refractivity contribution is -0.119. The van der Waals surface area contributed by atoms with E-state index in [1.165, 1.54) is 4.90 Å². The fourth-order valence-corrected chi connectivity index (χ4v) is 4.52. The van der Waals surface area contributed by atoms with Crippen LogP contribution >= 0.6 is 0 Å². The molecule has 3 aromatic rings. The number of imidazole rings is 1. The van der Waals surface area contributed by atoms with Gasteiger partial charge in [0.1, 0.15) is 17.2 Å². The number of ether oxygens (including phenoxy) is 2. The van der Waals surface area contributed by atoms with Crippen molar-refractivity contribution >= 4 is 28.7 Å². The van der Waals surface area contributed by atoms with E-state index in [2.05, 4.69) is 10.3 Å². The Morgan fingerprint density at radius 1 is 1.24 bits per heavy atom. The highest BCUT2D eigenvalue weighted by molar-refractivity contribution is 5.92. The summed E-state index contributed by atoms with van der Waals surface area (Å²) in [5, 5.41) is 2.86. The highest BCUT2D eigenvalue weighted by atomic mass is 16.6. The van der Waals surface area contributed by atoms with Crippen molar-refractivity contribution in [3.8, 4) is 17.1 Å². The second-order valence-electron chi connectivity index (χ2n) is 9.30. The van der Waals surface area contributed by atoms with E-state index in [0.717, 1.165) is 27.8 Å². The van der Waals surface area contributed by atoms with Gasteiger partial charge in [0.25, 0.3) is 0 Å². The number of aryl methyl sites for hydroxylation is 1. The van der Waals surface area contributed by atoms with Crippen LogP contribution in [0.3, 0.4) is 0 Å². The molecule has 4 heterocycles. The zero-order valence-corrected chi connectivity index (χ0v) is 19.4. The molecule has 2 aliphatic heterocycles. The minimum Gasteiger partial charge on any atom is -0.473 e. The van der Waals surface area contributed by atoms with Crippen molar-refractivity contribution in [2.75, 3.05) is 18.5 Å². The maximum absolute atomic E-state index is 12.3. The highest BCUT2D eigenvalue weighted by Gasteiger charge is 2.37. The molecule has 0 spiro atoms. The van der Waals surface area contributed by atoms with Crippen molar-refractivity contribution in [1.82, 2.24) is 19.9 Å². The number of carbonyl (C=O) groups is 2. The van der Waals surface area contributed by atoms with Crippen LogP contribution in [-0.2, 0) is 22.2 Å². The third-order valence-corrected chi connectivity index (χ3v) is 6.55. The average Bonchev–Trinajstić information content (AvgIpc) is 3.37. The molecule has 0 aliphatic carbocycles. The van der Waals surface area contributed by atoms with Gasteiger partial charge in [-0.1, -0.05) is 12.1 Å². The number of rotatable bonds is 4. The normalized spacial score (nSPS) is 20.4. The van der Waals surface area contributed by atoms with Crippen LogP contribution in [0.5, 0.6) is 5.88 Å². The number of hydrogen-bond acceptors (Lipinski definition) is 6. The van der Waals surface area contributed by atoms with Gasteiger partial charge in [0.05, 0.1) is 23.2 Å². The molecule has 0 radical (unpaired) electrons. The monoisotopic (exact) mass is 449 g/mol. The summed E-state index contributed by atoms with van der Waals surface area (Å²) < 4.78 is 13.7. The summed E-state index contributed by atoms with van der Waals surface area (Å²) in [4.78, 5) is 34.9. The first-order valence-electron chi connectivity index (χ1n) is 11.0. The number of cyclic esters (lactones) is 1. The number of amides is 2. The number of aromatic nitrogens is 3. The lowest BCUT2D eigenvalue weighted by Gasteiger charge is -2.37. The first-order chi connectivity index (χ1) is 15.6. The van der Waals surface area contributed by atoms with Crippen LogP contribution < -0.4 is 15.0 Å². The lowest BCUT2D eigenvalue weighted by atomic mass is 9.92. The minimum atomic E-state index is -0.716. The third kappa shape index (κ3) is 3.57. The zero-order chi connectivity index (χ0) is 23.5. The number of nitrogens with zero attached hydrogens (tertiary/aromatic N) is 4. The predicted octanol–water partition coefficient (Wildman–Crippen LogP) is 3.36. The maximum Gasteiger partial charge on any atom is 0.414 e. The highest BCUT2D eigenvalue weighted by Crippen LogP contribution is 2.40. The Morgan fingerprint density at radius 2 is 2.03 bits per heavy atom. The van der Waals surface area contributed by atoms with Crippen LogP contribution in [0.4, 0.5) is 10.5 Å². The molecule has 5 rings (SSSR count). The first kappa shape index (κ1) is 21.2. The lowest BCUT2D eigenvalue weighted by Crippen LogP contribution is -2.41. The summed E-state index contributed by atoms with van der Waals surface area (Å²) in [6, 6.07) is 7.80. The van der Waals surface area contributed by atoms with E-state index < -0.39 is 11.7 Å². The number of carbonyl (C=O) groups excluding carboxylic acids is 2. The molecule has 0 bridgehead atoms. The fourth-order valence-electron chi connectivity index (χ4n) is 4.52. The molecule has 1 fully saturated rings. The molecule has 9 nitrogen and oxygen atoms in total. The molecule has 2 aliphatic rings. The molecule has 1 aromatic carbocycles. The first-order valence-corrected chi connectivity index (χ1v) is 11.0. The Kier molecular flexibility index (Phi) is 4.81. The summed E-state index contributed by atoms with van der Waals surface area (Å²) in [7, 11) is 3.60. The number of anilines is 1. The maximum atomic E-state index is 12.3. The van der Waals surface area contributed by atoms with E-state index in [1.54, 1.807) is 13.4 Å². The molecule has 1 N–H and O–H groups in total. The van der Waals surface area contributed by atoms with Crippen molar-refractivity contribution in [3.05, 3.63) is 36.2 Å². The number of benzene rings is 1. The molecule has 2 amide bonds. The quantitative estimate of drug-likeness (QED) is 0.656. The van der Waals surface area contributed by atoms with Crippen molar-refractivity contribution in [3.63, 3.8) is 0 Å². The smallest absolute Gasteiger partial charge is 0.414 e. The third-order valence-electron chi connectivity index (χ3n) is 6.55. The zero-order valence-electron chi connectivity index (χ0n) is 19.4. The van der Waals surface area contributed by atoms with Gasteiger partial charge < -0.3 is 19.4 Å². The van der Waals surface area contributed by atoms with Gasteiger partial charge in [-0.2, -0.15) is 0 Å². The van der Waals surface area contributed by atoms with Crippen molar-refractivity contribution < 1.29 is 19.1 Å². The van der Waals surface area contributed by atoms with Gasteiger partial charge in [-0.15, -0.1) is 0 Å². The Hall–Kier alpha value is -3.62. The molecular formula is C24H27N5O4. The van der Waals surface area contributed by atoms with Crippen LogP contribution in [0.25, 0.3) is 22.3 Å². The van der Waals surface area contributed by atoms with Crippen molar-refractivity contribution in [1.29, 1.82) is 0 Å². The number of nitrogens with one attached hydrogen (secondary N) is 1. The van der Waals surface area contributed by atoms with Crippen LogP contribution in [0, 0.1) is 5.92 Å². The van der Waals surface area contributed by atoms with E-state index in [1.807, 2.05) is 56.7 Å². The Bertz CT molecular complexity index is 1280. The van der Waals surface area contributed by atoms with Gasteiger partial charge in [-0.05, 0) is 32.9 Å². The SMILES string of the molecule is C[C@@H](Oc1nc(-c2ccc3c(c2)N(C)C(=O)OC3(C)C)cc2ncn(C)c12)C1CNC(=O)C1. The van der Waals surface area contributed by atoms with E-state index in [4.69, 9.17) is 14.5 Å². The Morgan fingerprint density at radius 3 is 2.76 bits per heavy atom. The Balaban J connectivity index is 1.57. The average molecular weight is 450 g/mol. The molecule has 1 saturated heterocycles. The van der Waals surface area contributed by atoms with Gasteiger partial charge in [0.15, 0.2) is 0 Å². The van der Waals surface area contributed by atoms with Gasteiger partial charge in [-0.3, -0.25) is 9.69 Å². The second-order valence-corrected chi connectivity index (χ2v) is 9.30. The summed E-state index contributed by atoms with van der Waals surface area (Å²) in [5.41, 5.74) is 4.08. The summed E-state index contributed by atoms with van der Waals surface area (Å²) in [5.74, 6) is 0.597. The molecule has 2 aromatic heterocycles. The summed E-state index contributed by atoms with van der Waals surface area (Å²) in [6.45, 7) is 6.31. The van der Waals surface area contributed by atoms with Gasteiger partial charge in [0, 0.05) is 44.1 Å². The molecule has 2 atom stereocenters. The summed E-state index contributed by atoms with van der Waals surface area (Å²) in [6.07, 6.45) is 1.58. The number of pyridine rings is 1. The van der Waals surface area contributed by atoms with E-state index in [9.17, 15) is 9.59 Å². The van der Waals surface area contributed by atoms with Crippen molar-refractivity contribution in [2.24, 2.45) is 13.0 Å². The molecule has 172 valence electrons. The predicted molar refractivity (Wildman–Crippen MR) is 123 cm³/mol.